The van der Waals surface area contributed by atoms with Crippen LogP contribution in [0.15, 0.2) is 0 Å². The van der Waals surface area contributed by atoms with Crippen molar-refractivity contribution in [2.75, 3.05) is 32.8 Å². The number of carbonyl (C=O) groups excluding carboxylic acids is 1. The number of hydrogen-bond acceptors (Lipinski definition) is 3. The Morgan fingerprint density at radius 3 is 2.76 bits per heavy atom. The number of rotatable bonds is 2. The number of amides is 1. The van der Waals surface area contributed by atoms with Gasteiger partial charge in [0.1, 0.15) is 0 Å². The third-order valence-electron chi connectivity index (χ3n) is 3.59. The second kappa shape index (κ2) is 7.19. The summed E-state index contributed by atoms with van der Waals surface area (Å²) in [5, 5.41) is 3.30. The molecule has 1 amide bonds. The van der Waals surface area contributed by atoms with Crippen LogP contribution in [0, 0.1) is 5.92 Å². The van der Waals surface area contributed by atoms with E-state index in [0.29, 0.717) is 12.5 Å². The highest BCUT2D eigenvalue weighted by Crippen LogP contribution is 2.18. The first-order valence-corrected chi connectivity index (χ1v) is 6.42. The molecule has 0 aromatic heterocycles. The van der Waals surface area contributed by atoms with Gasteiger partial charge >= 0.3 is 0 Å². The van der Waals surface area contributed by atoms with Gasteiger partial charge in [-0.05, 0) is 32.4 Å². The fraction of sp³-hybridized carbons (Fsp3) is 0.917. The van der Waals surface area contributed by atoms with Gasteiger partial charge in [0.25, 0.3) is 0 Å². The van der Waals surface area contributed by atoms with Crippen LogP contribution in [0.25, 0.3) is 0 Å². The van der Waals surface area contributed by atoms with E-state index in [4.69, 9.17) is 4.74 Å². The Labute approximate surface area is 109 Å². The van der Waals surface area contributed by atoms with Crippen LogP contribution in [0.1, 0.15) is 26.2 Å². The Bertz CT molecular complexity index is 245. The molecule has 17 heavy (non-hydrogen) atoms. The predicted octanol–water partition coefficient (Wildman–Crippen LogP) is 1.05. The molecule has 5 heteroatoms. The third-order valence-corrected chi connectivity index (χ3v) is 3.59. The molecule has 2 fully saturated rings. The highest BCUT2D eigenvalue weighted by molar-refractivity contribution is 5.85. The first kappa shape index (κ1) is 14.7. The van der Waals surface area contributed by atoms with Crippen molar-refractivity contribution in [2.45, 2.75) is 32.3 Å². The Hall–Kier alpha value is -0.320. The summed E-state index contributed by atoms with van der Waals surface area (Å²) in [5.41, 5.74) is 0. The molecule has 100 valence electrons. The summed E-state index contributed by atoms with van der Waals surface area (Å²) in [6.07, 6.45) is 3.23. The lowest BCUT2D eigenvalue weighted by Crippen LogP contribution is -2.49. The smallest absolute Gasteiger partial charge is 0.225 e. The molecule has 2 aliphatic heterocycles. The molecule has 4 nitrogen and oxygen atoms in total. The summed E-state index contributed by atoms with van der Waals surface area (Å²) in [5.74, 6) is 0.597. The molecule has 0 bridgehead atoms. The summed E-state index contributed by atoms with van der Waals surface area (Å²) in [6, 6.07) is 0. The molecule has 0 aromatic rings. The highest BCUT2D eigenvalue weighted by atomic mass is 35.5. The van der Waals surface area contributed by atoms with E-state index in [2.05, 4.69) is 12.2 Å². The summed E-state index contributed by atoms with van der Waals surface area (Å²) >= 11 is 0. The van der Waals surface area contributed by atoms with Crippen LogP contribution in [0.5, 0.6) is 0 Å². The normalized spacial score (nSPS) is 26.4. The van der Waals surface area contributed by atoms with Crippen LogP contribution in [0.2, 0.25) is 0 Å². The topological polar surface area (TPSA) is 41.6 Å². The van der Waals surface area contributed by atoms with Crippen molar-refractivity contribution < 1.29 is 9.53 Å². The van der Waals surface area contributed by atoms with E-state index in [0.717, 1.165) is 45.4 Å². The van der Waals surface area contributed by atoms with Gasteiger partial charge in [0, 0.05) is 19.0 Å². The first-order valence-electron chi connectivity index (χ1n) is 6.42. The van der Waals surface area contributed by atoms with Gasteiger partial charge in [-0.3, -0.25) is 4.79 Å². The zero-order valence-corrected chi connectivity index (χ0v) is 11.3. The maximum absolute atomic E-state index is 12.3. The molecular weight excluding hydrogens is 240 g/mol. The van der Waals surface area contributed by atoms with Crippen molar-refractivity contribution in [3.63, 3.8) is 0 Å². The minimum Gasteiger partial charge on any atom is -0.375 e. The Balaban J connectivity index is 0.00000144. The minimum absolute atomic E-state index is 0. The number of morpholine rings is 1. The lowest BCUT2D eigenvalue weighted by Gasteiger charge is -2.35. The van der Waals surface area contributed by atoms with E-state index in [1.165, 1.54) is 0 Å². The second-order valence-electron chi connectivity index (χ2n) is 4.71. The Morgan fingerprint density at radius 2 is 2.12 bits per heavy atom. The molecular formula is C12H23ClN2O2. The number of halogens is 1. The molecule has 2 aliphatic rings. The van der Waals surface area contributed by atoms with Gasteiger partial charge in [-0.1, -0.05) is 6.92 Å². The predicted molar refractivity (Wildman–Crippen MR) is 69.5 cm³/mol. The van der Waals surface area contributed by atoms with Gasteiger partial charge in [0.15, 0.2) is 0 Å². The van der Waals surface area contributed by atoms with E-state index in [9.17, 15) is 4.79 Å². The molecule has 0 aromatic carbocycles. The number of nitrogens with zero attached hydrogens (tertiary/aromatic N) is 1. The Kier molecular flexibility index (Phi) is 6.23. The van der Waals surface area contributed by atoms with Crippen LogP contribution in [-0.4, -0.2) is 49.7 Å². The number of hydrogen-bond donors (Lipinski definition) is 1. The van der Waals surface area contributed by atoms with Gasteiger partial charge in [-0.25, -0.2) is 0 Å². The zero-order chi connectivity index (χ0) is 11.4. The van der Waals surface area contributed by atoms with Crippen molar-refractivity contribution in [3.05, 3.63) is 0 Å². The van der Waals surface area contributed by atoms with Crippen LogP contribution in [0.4, 0.5) is 0 Å². The summed E-state index contributed by atoms with van der Waals surface area (Å²) in [7, 11) is 0. The average molecular weight is 263 g/mol. The maximum Gasteiger partial charge on any atom is 0.225 e. The van der Waals surface area contributed by atoms with Crippen LogP contribution in [0.3, 0.4) is 0 Å². The quantitative estimate of drug-likeness (QED) is 0.809. The molecule has 2 saturated heterocycles. The molecule has 1 unspecified atom stereocenters. The van der Waals surface area contributed by atoms with Gasteiger partial charge in [0.2, 0.25) is 5.91 Å². The number of ether oxygens (including phenoxy) is 1. The van der Waals surface area contributed by atoms with Gasteiger partial charge in [-0.15, -0.1) is 12.4 Å². The van der Waals surface area contributed by atoms with Crippen LogP contribution in [-0.2, 0) is 9.53 Å². The molecule has 0 saturated carbocycles. The minimum atomic E-state index is 0. The van der Waals surface area contributed by atoms with E-state index >= 15 is 0 Å². The number of piperidine rings is 1. The number of carbonyl (C=O) groups is 1. The van der Waals surface area contributed by atoms with E-state index < -0.39 is 0 Å². The lowest BCUT2D eigenvalue weighted by atomic mass is 9.96. The molecule has 1 N–H and O–H groups in total. The molecule has 2 heterocycles. The van der Waals surface area contributed by atoms with Gasteiger partial charge in [0.05, 0.1) is 12.7 Å². The standard InChI is InChI=1S/C12H22N2O2.ClH/c1-2-11-9-14(7-8-16-11)12(15)10-3-5-13-6-4-10;/h10-11,13H,2-9H2,1H3;1H. The SMILES string of the molecule is CCC1CN(C(=O)C2CCNCC2)CCO1.Cl. The lowest BCUT2D eigenvalue weighted by molar-refractivity contribution is -0.144. The van der Waals surface area contributed by atoms with Crippen molar-refractivity contribution >= 4 is 18.3 Å². The second-order valence-corrected chi connectivity index (χ2v) is 4.71. The van der Waals surface area contributed by atoms with Crippen LogP contribution >= 0.6 is 12.4 Å². The fourth-order valence-corrected chi connectivity index (χ4v) is 2.49. The van der Waals surface area contributed by atoms with Gasteiger partial charge < -0.3 is 15.0 Å². The molecule has 1 atom stereocenters. The van der Waals surface area contributed by atoms with E-state index in [-0.39, 0.29) is 24.4 Å². The molecule has 0 spiro atoms. The molecule has 0 aliphatic carbocycles. The summed E-state index contributed by atoms with van der Waals surface area (Å²) in [6.45, 7) is 6.35. The first-order chi connectivity index (χ1) is 7.81. The Morgan fingerprint density at radius 1 is 1.41 bits per heavy atom. The summed E-state index contributed by atoms with van der Waals surface area (Å²) in [4.78, 5) is 14.3. The summed E-state index contributed by atoms with van der Waals surface area (Å²) < 4.78 is 5.59. The average Bonchev–Trinajstić information content (AvgIpc) is 2.39. The van der Waals surface area contributed by atoms with Crippen molar-refractivity contribution in [1.29, 1.82) is 0 Å². The van der Waals surface area contributed by atoms with Gasteiger partial charge in [-0.2, -0.15) is 0 Å². The zero-order valence-electron chi connectivity index (χ0n) is 10.5. The van der Waals surface area contributed by atoms with E-state index in [1.807, 2.05) is 4.90 Å². The largest absolute Gasteiger partial charge is 0.375 e. The van der Waals surface area contributed by atoms with E-state index in [1.54, 1.807) is 0 Å². The molecule has 2 rings (SSSR count). The van der Waals surface area contributed by atoms with Crippen molar-refractivity contribution in [2.24, 2.45) is 5.92 Å². The van der Waals surface area contributed by atoms with Crippen molar-refractivity contribution in [3.8, 4) is 0 Å². The third kappa shape index (κ3) is 3.83. The maximum atomic E-state index is 12.3. The van der Waals surface area contributed by atoms with Crippen molar-refractivity contribution in [1.82, 2.24) is 10.2 Å². The molecule has 0 radical (unpaired) electrons. The highest BCUT2D eigenvalue weighted by Gasteiger charge is 2.29. The monoisotopic (exact) mass is 262 g/mol. The fourth-order valence-electron chi connectivity index (χ4n) is 2.49. The number of nitrogens with one attached hydrogen (secondary N) is 1. The van der Waals surface area contributed by atoms with Crippen LogP contribution < -0.4 is 5.32 Å².